The van der Waals surface area contributed by atoms with Gasteiger partial charge in [0.15, 0.2) is 11.5 Å². The lowest BCUT2D eigenvalue weighted by Crippen LogP contribution is -2.36. The summed E-state index contributed by atoms with van der Waals surface area (Å²) in [5.74, 6) is 0.283. The second kappa shape index (κ2) is 13.5. The first kappa shape index (κ1) is 35.4. The van der Waals surface area contributed by atoms with Gasteiger partial charge in [-0.15, -0.1) is 0 Å². The highest BCUT2D eigenvalue weighted by Gasteiger charge is 2.46. The van der Waals surface area contributed by atoms with Gasteiger partial charge < -0.3 is 9.80 Å². The molecule has 3 aliphatic rings. The molecule has 4 aromatic carbocycles. The zero-order valence-corrected chi connectivity index (χ0v) is 32.1. The van der Waals surface area contributed by atoms with Gasteiger partial charge in [0, 0.05) is 54.5 Å². The normalized spacial score (nSPS) is 19.3. The average molecular weight is 691 g/mol. The fourth-order valence-corrected chi connectivity index (χ4v) is 8.54. The molecule has 0 saturated heterocycles. The first-order chi connectivity index (χ1) is 24.8. The maximum Gasteiger partial charge on any atom is 0.242 e. The Bertz CT molecular complexity index is 2270. The summed E-state index contributed by atoms with van der Waals surface area (Å²) in [5, 5.41) is 4.92. The van der Waals surface area contributed by atoms with Gasteiger partial charge in [-0.2, -0.15) is 4.58 Å². The number of nitrogens with zero attached hydrogens (tertiary/aromatic N) is 3. The van der Waals surface area contributed by atoms with Gasteiger partial charge in [-0.3, -0.25) is 9.59 Å². The van der Waals surface area contributed by atoms with E-state index in [2.05, 4.69) is 140 Å². The Morgan fingerprint density at radius 1 is 0.808 bits per heavy atom. The molecular formula is C47H52N3O2+. The van der Waals surface area contributed by atoms with Crippen LogP contribution >= 0.6 is 0 Å². The maximum atomic E-state index is 13.2. The summed E-state index contributed by atoms with van der Waals surface area (Å²) in [6.07, 6.45) is 14.5. The lowest BCUT2D eigenvalue weighted by molar-refractivity contribution is -0.425. The predicted molar refractivity (Wildman–Crippen MR) is 217 cm³/mol. The quantitative estimate of drug-likeness (QED) is 0.173. The molecule has 0 unspecified atom stereocenters. The highest BCUT2D eigenvalue weighted by molar-refractivity contribution is 6.08. The summed E-state index contributed by atoms with van der Waals surface area (Å²) in [6.45, 7) is 13.8. The van der Waals surface area contributed by atoms with Crippen molar-refractivity contribution in [3.8, 4) is 0 Å². The summed E-state index contributed by atoms with van der Waals surface area (Å²) in [6, 6.07) is 25.9. The van der Waals surface area contributed by atoms with Crippen LogP contribution in [0.4, 0.5) is 11.4 Å². The van der Waals surface area contributed by atoms with Crippen LogP contribution in [-0.4, -0.2) is 54.1 Å². The number of hydrogen-bond donors (Lipinski definition) is 0. The van der Waals surface area contributed by atoms with E-state index in [9.17, 15) is 9.59 Å². The third-order valence-corrected chi connectivity index (χ3v) is 11.5. The van der Waals surface area contributed by atoms with Gasteiger partial charge >= 0.3 is 0 Å². The lowest BCUT2D eigenvalue weighted by Gasteiger charge is -2.27. The van der Waals surface area contributed by atoms with Crippen LogP contribution in [-0.2, 0) is 20.4 Å². The van der Waals surface area contributed by atoms with Crippen LogP contribution in [0.3, 0.4) is 0 Å². The summed E-state index contributed by atoms with van der Waals surface area (Å²) < 4.78 is 2.26. The molecule has 0 N–H and O–H groups in total. The number of amides is 1. The van der Waals surface area contributed by atoms with Crippen LogP contribution in [0.25, 0.3) is 21.5 Å². The third-order valence-electron chi connectivity index (χ3n) is 11.5. The van der Waals surface area contributed by atoms with E-state index in [1.807, 2.05) is 27.9 Å². The minimum Gasteiger partial charge on any atom is -0.347 e. The molecule has 266 valence electrons. The molecule has 2 aliphatic heterocycles. The Hall–Kier alpha value is -5.03. The molecular weight excluding hydrogens is 639 g/mol. The van der Waals surface area contributed by atoms with Crippen LogP contribution in [0.2, 0.25) is 0 Å². The lowest BCUT2D eigenvalue weighted by atomic mass is 9.79. The first-order valence-corrected chi connectivity index (χ1v) is 18.8. The van der Waals surface area contributed by atoms with Gasteiger partial charge in [-0.05, 0) is 89.6 Å². The van der Waals surface area contributed by atoms with Gasteiger partial charge in [0.05, 0.1) is 5.41 Å². The van der Waals surface area contributed by atoms with E-state index >= 15 is 0 Å². The Balaban J connectivity index is 1.26. The molecule has 5 nitrogen and oxygen atoms in total. The topological polar surface area (TPSA) is 43.6 Å². The number of benzene rings is 4. The minimum absolute atomic E-state index is 0.0333. The van der Waals surface area contributed by atoms with Crippen molar-refractivity contribution in [1.82, 2.24) is 4.90 Å². The number of likely N-dealkylation sites (N-methyl/N-ethyl adjacent to an activating group) is 1. The van der Waals surface area contributed by atoms with Crippen molar-refractivity contribution in [1.29, 1.82) is 0 Å². The van der Waals surface area contributed by atoms with Crippen molar-refractivity contribution in [3.63, 3.8) is 0 Å². The van der Waals surface area contributed by atoms with Crippen molar-refractivity contribution in [2.75, 3.05) is 32.1 Å². The molecule has 2 heterocycles. The first-order valence-electron chi connectivity index (χ1n) is 18.8. The number of rotatable bonds is 8. The van der Waals surface area contributed by atoms with Crippen LogP contribution < -0.4 is 4.90 Å². The van der Waals surface area contributed by atoms with Crippen molar-refractivity contribution in [2.24, 2.45) is 5.92 Å². The van der Waals surface area contributed by atoms with E-state index in [0.717, 1.165) is 42.0 Å². The number of carbonyl (C=O) groups is 2. The second-order valence-corrected chi connectivity index (χ2v) is 16.3. The Labute approximate surface area is 309 Å². The number of anilines is 1. The third kappa shape index (κ3) is 6.14. The summed E-state index contributed by atoms with van der Waals surface area (Å²) in [7, 11) is 3.65. The molecule has 5 heteroatoms. The highest BCUT2D eigenvalue weighted by Crippen LogP contribution is 2.51. The van der Waals surface area contributed by atoms with Crippen LogP contribution in [0.1, 0.15) is 71.9 Å². The minimum atomic E-state index is -0.290. The Morgan fingerprint density at radius 3 is 2.13 bits per heavy atom. The standard InChI is InChI=1S/C47H52N3O2/c1-31(2)40(51)29-49-38-24-22-34-16-9-11-18-36(34)44(38)46(3,4)41(49)26-20-32-14-13-15-33(28-32)21-27-42-47(5,6)45-37-19-12-10-17-35(37)23-25-39(45)50(42)30-43(52)48(7)8/h9-12,16-28,31H,13-15,29-30H2,1-8H3/q+1. The largest absolute Gasteiger partial charge is 0.347 e. The maximum absolute atomic E-state index is 13.2. The molecule has 0 fully saturated rings. The van der Waals surface area contributed by atoms with Crippen molar-refractivity contribution < 1.29 is 14.2 Å². The van der Waals surface area contributed by atoms with Crippen molar-refractivity contribution in [2.45, 2.75) is 71.6 Å². The summed E-state index contributed by atoms with van der Waals surface area (Å²) in [4.78, 5) is 30.3. The number of hydrogen-bond acceptors (Lipinski definition) is 3. The number of allylic oxidation sites excluding steroid dienone is 8. The Morgan fingerprint density at radius 2 is 1.46 bits per heavy atom. The van der Waals surface area contributed by atoms with E-state index in [0.29, 0.717) is 13.1 Å². The number of fused-ring (bicyclic) bond motifs is 6. The van der Waals surface area contributed by atoms with Gasteiger partial charge in [0.1, 0.15) is 6.54 Å². The molecule has 1 amide bonds. The van der Waals surface area contributed by atoms with E-state index in [-0.39, 0.29) is 28.4 Å². The van der Waals surface area contributed by atoms with Gasteiger partial charge in [0.2, 0.25) is 18.1 Å². The SMILES string of the molecule is CC(C)C(=O)C[N+]1=C(/C=C/C2=CC(=C/C=C3/N(CC(=O)N(C)C)c4ccc5ccccc5c4C3(C)C)/CCC2)C(C)(C)c2c1ccc1ccccc21. The number of ketones is 1. The smallest absolute Gasteiger partial charge is 0.242 e. The van der Waals surface area contributed by atoms with E-state index in [1.54, 1.807) is 4.90 Å². The van der Waals surface area contributed by atoms with E-state index in [4.69, 9.17) is 0 Å². The fraction of sp³-hybridized carbons (Fsp3) is 0.340. The second-order valence-electron chi connectivity index (χ2n) is 16.3. The molecule has 1 aliphatic carbocycles. The zero-order valence-electron chi connectivity index (χ0n) is 32.1. The molecule has 52 heavy (non-hydrogen) atoms. The zero-order chi connectivity index (χ0) is 36.9. The van der Waals surface area contributed by atoms with Gasteiger partial charge in [-0.25, -0.2) is 0 Å². The molecule has 0 radical (unpaired) electrons. The molecule has 4 aromatic rings. The van der Waals surface area contributed by atoms with Gasteiger partial charge in [0.25, 0.3) is 0 Å². The van der Waals surface area contributed by atoms with E-state index in [1.165, 1.54) is 43.8 Å². The molecule has 0 bridgehead atoms. The summed E-state index contributed by atoms with van der Waals surface area (Å²) in [5.41, 5.74) is 9.10. The van der Waals surface area contributed by atoms with Crippen molar-refractivity contribution >= 4 is 50.3 Å². The van der Waals surface area contributed by atoms with Crippen LogP contribution in [0.15, 0.2) is 120 Å². The predicted octanol–water partition coefficient (Wildman–Crippen LogP) is 9.96. The molecule has 0 spiro atoms. The van der Waals surface area contributed by atoms with Crippen LogP contribution in [0.5, 0.6) is 0 Å². The molecule has 0 saturated carbocycles. The monoisotopic (exact) mass is 690 g/mol. The Kier molecular flexibility index (Phi) is 9.19. The average Bonchev–Trinajstić information content (AvgIpc) is 3.47. The number of Topliss-reactive ketones (excluding diaryl/α,β-unsaturated/α-hetero) is 1. The molecule has 7 rings (SSSR count). The highest BCUT2D eigenvalue weighted by atomic mass is 16.2. The molecule has 0 atom stereocenters. The molecule has 0 aromatic heterocycles. The summed E-state index contributed by atoms with van der Waals surface area (Å²) >= 11 is 0. The van der Waals surface area contributed by atoms with E-state index < -0.39 is 0 Å². The van der Waals surface area contributed by atoms with Crippen molar-refractivity contribution in [3.05, 3.63) is 131 Å². The van der Waals surface area contributed by atoms with Gasteiger partial charge in [-0.1, -0.05) is 101 Å². The number of carbonyl (C=O) groups excluding carboxylic acids is 2. The van der Waals surface area contributed by atoms with Crippen LogP contribution in [0, 0.1) is 5.92 Å². The fourth-order valence-electron chi connectivity index (χ4n) is 8.54.